The molecule has 0 saturated heterocycles. The van der Waals surface area contributed by atoms with E-state index in [1.54, 1.807) is 6.92 Å². The molecule has 0 aromatic rings. The van der Waals surface area contributed by atoms with Crippen molar-refractivity contribution in [3.63, 3.8) is 0 Å². The molecular formula is C10H18N2O3. The van der Waals surface area contributed by atoms with Crippen molar-refractivity contribution in [1.29, 1.82) is 0 Å². The van der Waals surface area contributed by atoms with E-state index in [1.807, 2.05) is 0 Å². The van der Waals surface area contributed by atoms with E-state index in [2.05, 4.69) is 5.32 Å². The Morgan fingerprint density at radius 2 is 2.13 bits per heavy atom. The molecule has 1 rings (SSSR count). The van der Waals surface area contributed by atoms with E-state index in [-0.39, 0.29) is 12.5 Å². The molecule has 0 unspecified atom stereocenters. The van der Waals surface area contributed by atoms with E-state index in [9.17, 15) is 9.59 Å². The second-order valence-electron chi connectivity index (χ2n) is 3.83. The van der Waals surface area contributed by atoms with Gasteiger partial charge in [-0.1, -0.05) is 6.42 Å². The second kappa shape index (κ2) is 5.11. The van der Waals surface area contributed by atoms with E-state index in [1.165, 1.54) is 0 Å². The van der Waals surface area contributed by atoms with Gasteiger partial charge in [0.05, 0.1) is 12.0 Å². The molecule has 1 aliphatic rings. The number of esters is 1. The maximum atomic E-state index is 11.7. The summed E-state index contributed by atoms with van der Waals surface area (Å²) in [5.41, 5.74) is 5.13. The number of ether oxygens (including phenoxy) is 1. The third-order valence-electron chi connectivity index (χ3n) is 2.88. The van der Waals surface area contributed by atoms with Crippen molar-refractivity contribution in [3.8, 4) is 0 Å². The summed E-state index contributed by atoms with van der Waals surface area (Å²) in [5.74, 6) is -0.526. The Morgan fingerprint density at radius 3 is 2.53 bits per heavy atom. The number of rotatable bonds is 5. The summed E-state index contributed by atoms with van der Waals surface area (Å²) in [4.78, 5) is 22.7. The van der Waals surface area contributed by atoms with Crippen LogP contribution in [0.5, 0.6) is 0 Å². The minimum atomic E-state index is -0.424. The Labute approximate surface area is 89.3 Å². The predicted octanol–water partition coefficient (Wildman–Crippen LogP) is -0.205. The Balaban J connectivity index is 2.32. The zero-order valence-electron chi connectivity index (χ0n) is 9.04. The molecule has 0 atom stereocenters. The molecule has 15 heavy (non-hydrogen) atoms. The van der Waals surface area contributed by atoms with Gasteiger partial charge in [-0.25, -0.2) is 0 Å². The number of amides is 1. The Bertz CT molecular complexity index is 244. The van der Waals surface area contributed by atoms with Gasteiger partial charge in [-0.15, -0.1) is 0 Å². The second-order valence-corrected chi connectivity index (χ2v) is 3.83. The normalized spacial score (nSPS) is 17.7. The van der Waals surface area contributed by atoms with Crippen LogP contribution in [0.3, 0.4) is 0 Å². The van der Waals surface area contributed by atoms with Crippen LogP contribution >= 0.6 is 0 Å². The molecule has 0 aliphatic heterocycles. The number of carbonyl (C=O) groups is 2. The molecule has 0 heterocycles. The van der Waals surface area contributed by atoms with Crippen LogP contribution < -0.4 is 11.1 Å². The molecule has 3 N–H and O–H groups in total. The van der Waals surface area contributed by atoms with Crippen LogP contribution in [0.15, 0.2) is 0 Å². The summed E-state index contributed by atoms with van der Waals surface area (Å²) >= 11 is 0. The molecule has 5 heteroatoms. The van der Waals surface area contributed by atoms with Gasteiger partial charge in [0.25, 0.3) is 0 Å². The fourth-order valence-electron chi connectivity index (χ4n) is 1.68. The van der Waals surface area contributed by atoms with Crippen molar-refractivity contribution in [1.82, 2.24) is 5.32 Å². The van der Waals surface area contributed by atoms with Crippen LogP contribution in [0, 0.1) is 5.41 Å². The summed E-state index contributed by atoms with van der Waals surface area (Å²) in [6, 6.07) is 0. The number of nitrogens with one attached hydrogen (secondary N) is 1. The molecule has 86 valence electrons. The summed E-state index contributed by atoms with van der Waals surface area (Å²) in [6.45, 7) is 2.35. The van der Waals surface area contributed by atoms with E-state index < -0.39 is 11.4 Å². The van der Waals surface area contributed by atoms with E-state index in [0.29, 0.717) is 13.2 Å². The van der Waals surface area contributed by atoms with Gasteiger partial charge in [0, 0.05) is 6.54 Å². The van der Waals surface area contributed by atoms with Gasteiger partial charge >= 0.3 is 5.97 Å². The van der Waals surface area contributed by atoms with Crippen molar-refractivity contribution in [2.24, 2.45) is 11.1 Å². The lowest BCUT2D eigenvalue weighted by atomic mass is 9.68. The fourth-order valence-corrected chi connectivity index (χ4v) is 1.68. The quantitative estimate of drug-likeness (QED) is 0.621. The largest absolute Gasteiger partial charge is 0.465 e. The molecule has 0 spiro atoms. The Kier molecular flexibility index (Phi) is 4.08. The Morgan fingerprint density at radius 1 is 1.47 bits per heavy atom. The highest BCUT2D eigenvalue weighted by molar-refractivity contribution is 5.87. The van der Waals surface area contributed by atoms with Crippen LogP contribution in [-0.2, 0) is 14.3 Å². The highest BCUT2D eigenvalue weighted by Crippen LogP contribution is 2.39. The van der Waals surface area contributed by atoms with E-state index in [0.717, 1.165) is 19.3 Å². The SMILES string of the molecule is CCOC(=O)CNC(=O)C1(CN)CCC1. The van der Waals surface area contributed by atoms with Crippen LogP contribution in [-0.4, -0.2) is 31.6 Å². The monoisotopic (exact) mass is 214 g/mol. The zero-order valence-corrected chi connectivity index (χ0v) is 9.04. The first-order chi connectivity index (χ1) is 7.14. The minimum Gasteiger partial charge on any atom is -0.465 e. The smallest absolute Gasteiger partial charge is 0.325 e. The van der Waals surface area contributed by atoms with Gasteiger partial charge in [-0.2, -0.15) is 0 Å². The number of carbonyl (C=O) groups excluding carboxylic acids is 2. The van der Waals surface area contributed by atoms with Crippen LogP contribution in [0.2, 0.25) is 0 Å². The molecule has 0 aromatic carbocycles. The number of nitrogens with two attached hydrogens (primary N) is 1. The van der Waals surface area contributed by atoms with Gasteiger partial charge in [-0.3, -0.25) is 9.59 Å². The zero-order chi connectivity index (χ0) is 11.3. The molecule has 5 nitrogen and oxygen atoms in total. The topological polar surface area (TPSA) is 81.4 Å². The fraction of sp³-hybridized carbons (Fsp3) is 0.800. The standard InChI is InChI=1S/C10H18N2O3/c1-2-15-8(13)6-12-9(14)10(7-11)4-3-5-10/h2-7,11H2,1H3,(H,12,14). The van der Waals surface area contributed by atoms with Gasteiger partial charge in [0.2, 0.25) is 5.91 Å². The van der Waals surface area contributed by atoms with E-state index in [4.69, 9.17) is 10.5 Å². The molecule has 1 aliphatic carbocycles. The van der Waals surface area contributed by atoms with Crippen molar-refractivity contribution in [2.45, 2.75) is 26.2 Å². The first kappa shape index (κ1) is 12.0. The predicted molar refractivity (Wildman–Crippen MR) is 55.0 cm³/mol. The highest BCUT2D eigenvalue weighted by Gasteiger charge is 2.42. The number of hydrogen-bond donors (Lipinski definition) is 2. The first-order valence-electron chi connectivity index (χ1n) is 5.28. The number of hydrogen-bond acceptors (Lipinski definition) is 4. The van der Waals surface area contributed by atoms with Gasteiger partial charge in [0.1, 0.15) is 6.54 Å². The highest BCUT2D eigenvalue weighted by atomic mass is 16.5. The average Bonchev–Trinajstić information content (AvgIpc) is 2.14. The van der Waals surface area contributed by atoms with Crippen molar-refractivity contribution >= 4 is 11.9 Å². The molecule has 1 fully saturated rings. The average molecular weight is 214 g/mol. The van der Waals surface area contributed by atoms with Crippen molar-refractivity contribution in [3.05, 3.63) is 0 Å². The summed E-state index contributed by atoms with van der Waals surface area (Å²) in [7, 11) is 0. The third kappa shape index (κ3) is 2.68. The lowest BCUT2D eigenvalue weighted by Gasteiger charge is -2.38. The van der Waals surface area contributed by atoms with Crippen LogP contribution in [0.25, 0.3) is 0 Å². The van der Waals surface area contributed by atoms with Gasteiger partial charge in [-0.05, 0) is 19.8 Å². The van der Waals surface area contributed by atoms with Gasteiger partial charge in [0.15, 0.2) is 0 Å². The molecule has 0 aromatic heterocycles. The molecule has 0 radical (unpaired) electrons. The van der Waals surface area contributed by atoms with Gasteiger partial charge < -0.3 is 15.8 Å². The molecular weight excluding hydrogens is 196 g/mol. The lowest BCUT2D eigenvalue weighted by Crippen LogP contribution is -2.51. The van der Waals surface area contributed by atoms with Crippen LogP contribution in [0.1, 0.15) is 26.2 Å². The molecule has 1 amide bonds. The summed E-state index contributed by atoms with van der Waals surface area (Å²) in [6.07, 6.45) is 2.67. The van der Waals surface area contributed by atoms with Crippen LogP contribution in [0.4, 0.5) is 0 Å². The lowest BCUT2D eigenvalue weighted by molar-refractivity contribution is -0.145. The third-order valence-corrected chi connectivity index (χ3v) is 2.88. The maximum absolute atomic E-state index is 11.7. The molecule has 0 bridgehead atoms. The molecule has 1 saturated carbocycles. The van der Waals surface area contributed by atoms with E-state index >= 15 is 0 Å². The summed E-state index contributed by atoms with van der Waals surface area (Å²) < 4.78 is 4.71. The van der Waals surface area contributed by atoms with Crippen molar-refractivity contribution in [2.75, 3.05) is 19.7 Å². The van der Waals surface area contributed by atoms with Crippen molar-refractivity contribution < 1.29 is 14.3 Å². The maximum Gasteiger partial charge on any atom is 0.325 e. The summed E-state index contributed by atoms with van der Waals surface area (Å²) in [5, 5.41) is 2.57. The Hall–Kier alpha value is -1.10. The minimum absolute atomic E-state index is 0.0611. The first-order valence-corrected chi connectivity index (χ1v) is 5.28.